The highest BCUT2D eigenvalue weighted by molar-refractivity contribution is 6.09. The minimum Gasteiger partial charge on any atom is -0.376 e. The molecule has 0 radical (unpaired) electrons. The van der Waals surface area contributed by atoms with Crippen molar-refractivity contribution in [1.82, 2.24) is 15.3 Å². The van der Waals surface area contributed by atoms with E-state index in [4.69, 9.17) is 4.74 Å². The first-order valence-electron chi connectivity index (χ1n) is 10.1. The van der Waals surface area contributed by atoms with Crippen molar-refractivity contribution in [3.05, 3.63) is 65.0 Å². The van der Waals surface area contributed by atoms with E-state index in [2.05, 4.69) is 20.6 Å². The van der Waals surface area contributed by atoms with Crippen LogP contribution in [0.15, 0.2) is 42.5 Å². The summed E-state index contributed by atoms with van der Waals surface area (Å²) in [5.41, 5.74) is 4.41. The third-order valence-electron chi connectivity index (χ3n) is 5.27. The highest BCUT2D eigenvalue weighted by Gasteiger charge is 2.19. The molecule has 0 bridgehead atoms. The molecule has 1 atom stereocenters. The zero-order valence-corrected chi connectivity index (χ0v) is 17.1. The number of nitrogens with one attached hydrogen (secondary N) is 2. The van der Waals surface area contributed by atoms with Crippen molar-refractivity contribution >= 4 is 28.5 Å². The molecule has 2 aromatic carbocycles. The second-order valence-electron chi connectivity index (χ2n) is 7.44. The second kappa shape index (κ2) is 8.59. The van der Waals surface area contributed by atoms with Crippen molar-refractivity contribution in [2.45, 2.75) is 32.8 Å². The van der Waals surface area contributed by atoms with Crippen LogP contribution >= 0.6 is 0 Å². The number of nitrogens with zero attached hydrogens (tertiary/aromatic N) is 2. The van der Waals surface area contributed by atoms with Gasteiger partial charge in [0.05, 0.1) is 39.8 Å². The number of anilines is 1. The molecule has 0 spiro atoms. The van der Waals surface area contributed by atoms with Crippen LogP contribution in [0, 0.1) is 13.8 Å². The summed E-state index contributed by atoms with van der Waals surface area (Å²) < 4.78 is 5.55. The minimum atomic E-state index is -0.309. The molecule has 7 nitrogen and oxygen atoms in total. The largest absolute Gasteiger partial charge is 0.376 e. The zero-order valence-electron chi connectivity index (χ0n) is 17.1. The topological polar surface area (TPSA) is 93.2 Å². The van der Waals surface area contributed by atoms with Crippen molar-refractivity contribution in [2.75, 3.05) is 18.5 Å². The van der Waals surface area contributed by atoms with Crippen LogP contribution in [-0.4, -0.2) is 41.0 Å². The molecule has 1 aliphatic heterocycles. The standard InChI is InChI=1S/C23H24N4O3/c1-14-15(2)26-21-12-16(9-10-20(21)25-14)22(28)27-19-8-4-3-7-18(19)23(29)24-13-17-6-5-11-30-17/h3-4,7-10,12,17H,5-6,11,13H2,1-2H3,(H,24,29)(H,27,28). The van der Waals surface area contributed by atoms with Crippen LogP contribution in [0.25, 0.3) is 11.0 Å². The summed E-state index contributed by atoms with van der Waals surface area (Å²) in [6.45, 7) is 4.99. The quantitative estimate of drug-likeness (QED) is 0.680. The molecule has 2 heterocycles. The first-order valence-corrected chi connectivity index (χ1v) is 10.1. The molecule has 2 amide bonds. The molecular weight excluding hydrogens is 380 g/mol. The van der Waals surface area contributed by atoms with E-state index in [1.165, 1.54) is 0 Å². The average Bonchev–Trinajstić information content (AvgIpc) is 3.26. The van der Waals surface area contributed by atoms with Crippen LogP contribution in [-0.2, 0) is 4.74 Å². The summed E-state index contributed by atoms with van der Waals surface area (Å²) in [5, 5.41) is 5.74. The number of fused-ring (bicyclic) bond motifs is 1. The highest BCUT2D eigenvalue weighted by Crippen LogP contribution is 2.19. The van der Waals surface area contributed by atoms with Crippen LogP contribution in [0.5, 0.6) is 0 Å². The molecular formula is C23H24N4O3. The number of hydrogen-bond donors (Lipinski definition) is 2. The SMILES string of the molecule is Cc1nc2ccc(C(=O)Nc3ccccc3C(=O)NCC3CCCO3)cc2nc1C. The van der Waals surface area contributed by atoms with E-state index < -0.39 is 0 Å². The lowest BCUT2D eigenvalue weighted by Crippen LogP contribution is -2.32. The summed E-state index contributed by atoms with van der Waals surface area (Å²) >= 11 is 0. The molecule has 154 valence electrons. The molecule has 7 heteroatoms. The molecule has 4 rings (SSSR count). The first-order chi connectivity index (χ1) is 14.5. The molecule has 0 aliphatic carbocycles. The van der Waals surface area contributed by atoms with Gasteiger partial charge in [0.25, 0.3) is 11.8 Å². The van der Waals surface area contributed by atoms with Crippen LogP contribution < -0.4 is 10.6 Å². The number of aromatic nitrogens is 2. The van der Waals surface area contributed by atoms with Gasteiger partial charge in [-0.1, -0.05) is 12.1 Å². The molecule has 2 N–H and O–H groups in total. The third-order valence-corrected chi connectivity index (χ3v) is 5.27. The maximum atomic E-state index is 12.8. The van der Waals surface area contributed by atoms with Crippen molar-refractivity contribution < 1.29 is 14.3 Å². The van der Waals surface area contributed by atoms with Gasteiger partial charge in [0.1, 0.15) is 0 Å². The van der Waals surface area contributed by atoms with Gasteiger partial charge in [-0.3, -0.25) is 9.59 Å². The average molecular weight is 404 g/mol. The minimum absolute atomic E-state index is 0.0570. The Labute approximate surface area is 174 Å². The number of amides is 2. The predicted molar refractivity (Wildman–Crippen MR) is 115 cm³/mol. The smallest absolute Gasteiger partial charge is 0.255 e. The Hall–Kier alpha value is -3.32. The lowest BCUT2D eigenvalue weighted by Gasteiger charge is -2.14. The Morgan fingerprint density at radius 3 is 2.57 bits per heavy atom. The molecule has 1 saturated heterocycles. The summed E-state index contributed by atoms with van der Waals surface area (Å²) in [6, 6.07) is 12.2. The van der Waals surface area contributed by atoms with E-state index >= 15 is 0 Å². The Kier molecular flexibility index (Phi) is 5.72. The molecule has 1 fully saturated rings. The monoisotopic (exact) mass is 404 g/mol. The van der Waals surface area contributed by atoms with Gasteiger partial charge < -0.3 is 15.4 Å². The maximum absolute atomic E-state index is 12.8. The molecule has 3 aromatic rings. The fourth-order valence-electron chi connectivity index (χ4n) is 3.46. The number of carbonyl (C=O) groups is 2. The van der Waals surface area contributed by atoms with Gasteiger partial charge in [0.15, 0.2) is 0 Å². The van der Waals surface area contributed by atoms with Crippen LogP contribution in [0.2, 0.25) is 0 Å². The van der Waals surface area contributed by atoms with Gasteiger partial charge in [0.2, 0.25) is 0 Å². The highest BCUT2D eigenvalue weighted by atomic mass is 16.5. The van der Waals surface area contributed by atoms with Gasteiger partial charge in [-0.15, -0.1) is 0 Å². The summed E-state index contributed by atoms with van der Waals surface area (Å²) in [7, 11) is 0. The molecule has 1 aromatic heterocycles. The first kappa shape index (κ1) is 20.0. The number of ether oxygens (including phenoxy) is 1. The van der Waals surface area contributed by atoms with Gasteiger partial charge in [0, 0.05) is 18.7 Å². The van der Waals surface area contributed by atoms with E-state index in [9.17, 15) is 9.59 Å². The van der Waals surface area contributed by atoms with Crippen LogP contribution in [0.1, 0.15) is 44.9 Å². The zero-order chi connectivity index (χ0) is 21.1. The Morgan fingerprint density at radius 2 is 1.80 bits per heavy atom. The lowest BCUT2D eigenvalue weighted by molar-refractivity contribution is 0.0858. The number of hydrogen-bond acceptors (Lipinski definition) is 5. The number of aryl methyl sites for hydroxylation is 2. The van der Waals surface area contributed by atoms with E-state index in [0.29, 0.717) is 28.9 Å². The number of rotatable bonds is 5. The summed E-state index contributed by atoms with van der Waals surface area (Å²) in [4.78, 5) is 34.5. The second-order valence-corrected chi connectivity index (χ2v) is 7.44. The van der Waals surface area contributed by atoms with Gasteiger partial charge in [-0.2, -0.15) is 0 Å². The van der Waals surface area contributed by atoms with E-state index in [1.807, 2.05) is 13.8 Å². The Balaban J connectivity index is 1.51. The van der Waals surface area contributed by atoms with Gasteiger partial charge in [-0.05, 0) is 57.0 Å². The van der Waals surface area contributed by atoms with Crippen molar-refractivity contribution in [1.29, 1.82) is 0 Å². The van der Waals surface area contributed by atoms with Crippen molar-refractivity contribution in [2.24, 2.45) is 0 Å². The summed E-state index contributed by atoms with van der Waals surface area (Å²) in [5.74, 6) is -0.548. The number of para-hydroxylation sites is 1. The normalized spacial score (nSPS) is 15.9. The Bertz CT molecular complexity index is 1110. The van der Waals surface area contributed by atoms with E-state index in [1.54, 1.807) is 42.5 Å². The number of benzene rings is 2. The van der Waals surface area contributed by atoms with E-state index in [-0.39, 0.29) is 17.9 Å². The Morgan fingerprint density at radius 1 is 1.03 bits per heavy atom. The fraction of sp³-hybridized carbons (Fsp3) is 0.304. The van der Waals surface area contributed by atoms with Gasteiger partial charge >= 0.3 is 0 Å². The maximum Gasteiger partial charge on any atom is 0.255 e. The third kappa shape index (κ3) is 4.31. The van der Waals surface area contributed by atoms with E-state index in [0.717, 1.165) is 36.4 Å². The summed E-state index contributed by atoms with van der Waals surface area (Å²) in [6.07, 6.45) is 2.02. The predicted octanol–water partition coefficient (Wildman–Crippen LogP) is 3.41. The lowest BCUT2D eigenvalue weighted by atomic mass is 10.1. The molecule has 0 saturated carbocycles. The van der Waals surface area contributed by atoms with Crippen molar-refractivity contribution in [3.63, 3.8) is 0 Å². The van der Waals surface area contributed by atoms with Crippen molar-refractivity contribution in [3.8, 4) is 0 Å². The fourth-order valence-corrected chi connectivity index (χ4v) is 3.46. The number of carbonyl (C=O) groups excluding carboxylic acids is 2. The van der Waals surface area contributed by atoms with Crippen LogP contribution in [0.4, 0.5) is 5.69 Å². The molecule has 1 aliphatic rings. The van der Waals surface area contributed by atoms with Gasteiger partial charge in [-0.25, -0.2) is 9.97 Å². The van der Waals surface area contributed by atoms with Crippen LogP contribution in [0.3, 0.4) is 0 Å². The molecule has 30 heavy (non-hydrogen) atoms. The molecule has 1 unspecified atom stereocenters.